The average Bonchev–Trinajstić information content (AvgIpc) is 2.56. The summed E-state index contributed by atoms with van der Waals surface area (Å²) < 4.78 is 15.3. The van der Waals surface area contributed by atoms with Crippen LogP contribution in [0.5, 0.6) is 5.75 Å². The van der Waals surface area contributed by atoms with Gasteiger partial charge in [-0.3, -0.25) is 10.1 Å². The van der Waals surface area contributed by atoms with Crippen LogP contribution in [-0.2, 0) is 20.7 Å². The van der Waals surface area contributed by atoms with Crippen molar-refractivity contribution in [1.82, 2.24) is 5.32 Å². The zero-order valence-corrected chi connectivity index (χ0v) is 16.2. The number of esters is 1. The molecule has 0 aromatic heterocycles. The summed E-state index contributed by atoms with van der Waals surface area (Å²) >= 11 is 0. The maximum atomic E-state index is 12.0. The molecule has 0 bridgehead atoms. The number of nitro groups is 1. The number of benzene rings is 1. The largest absolute Gasteiger partial charge is 0.487 e. The number of amides is 1. The van der Waals surface area contributed by atoms with Crippen LogP contribution in [0.3, 0.4) is 0 Å². The van der Waals surface area contributed by atoms with E-state index in [1.54, 1.807) is 20.8 Å². The second-order valence-electron chi connectivity index (χ2n) is 6.83. The van der Waals surface area contributed by atoms with Crippen molar-refractivity contribution >= 4 is 17.7 Å². The smallest absolute Gasteiger partial charge is 0.408 e. The summed E-state index contributed by atoms with van der Waals surface area (Å²) in [6.07, 6.45) is -0.0130. The molecule has 0 radical (unpaired) electrons. The lowest BCUT2D eigenvalue weighted by molar-refractivity contribution is -0.385. The van der Waals surface area contributed by atoms with Gasteiger partial charge >= 0.3 is 17.7 Å². The molecule has 1 unspecified atom stereocenters. The Morgan fingerprint density at radius 3 is 2.48 bits per heavy atom. The summed E-state index contributed by atoms with van der Waals surface area (Å²) in [5.74, 6) is -0.546. The number of ether oxygens (including phenoxy) is 3. The first-order valence-electron chi connectivity index (χ1n) is 8.54. The van der Waals surface area contributed by atoms with Gasteiger partial charge in [0.1, 0.15) is 11.6 Å². The van der Waals surface area contributed by atoms with Gasteiger partial charge in [0.05, 0.1) is 18.6 Å². The van der Waals surface area contributed by atoms with Crippen LogP contribution < -0.4 is 10.1 Å². The molecule has 1 atom stereocenters. The number of hydrogen-bond donors (Lipinski definition) is 1. The van der Waals surface area contributed by atoms with E-state index < -0.39 is 28.6 Å². The van der Waals surface area contributed by atoms with Crippen molar-refractivity contribution in [3.8, 4) is 5.75 Å². The van der Waals surface area contributed by atoms with Gasteiger partial charge in [-0.15, -0.1) is 0 Å². The summed E-state index contributed by atoms with van der Waals surface area (Å²) in [6.45, 7) is 7.31. The lowest BCUT2D eigenvalue weighted by atomic mass is 10.0. The highest BCUT2D eigenvalue weighted by molar-refractivity contribution is 5.81. The van der Waals surface area contributed by atoms with Gasteiger partial charge in [-0.1, -0.05) is 13.0 Å². The van der Waals surface area contributed by atoms with Crippen LogP contribution in [0.25, 0.3) is 0 Å². The molecular weight excluding hydrogens is 356 g/mol. The zero-order chi connectivity index (χ0) is 20.6. The highest BCUT2D eigenvalue weighted by Crippen LogP contribution is 2.28. The lowest BCUT2D eigenvalue weighted by Crippen LogP contribution is -2.45. The Labute approximate surface area is 158 Å². The Kier molecular flexibility index (Phi) is 8.01. The maximum Gasteiger partial charge on any atom is 0.408 e. The van der Waals surface area contributed by atoms with Gasteiger partial charge in [0.25, 0.3) is 0 Å². The van der Waals surface area contributed by atoms with Gasteiger partial charge in [0.15, 0.2) is 5.75 Å². The van der Waals surface area contributed by atoms with Crippen molar-refractivity contribution < 1.29 is 28.7 Å². The van der Waals surface area contributed by atoms with E-state index in [0.717, 1.165) is 0 Å². The third-order valence-corrected chi connectivity index (χ3v) is 3.30. The minimum Gasteiger partial charge on any atom is -0.487 e. The number of methoxy groups -OCH3 is 1. The Bertz CT molecular complexity index is 683. The number of alkyl carbamates (subject to hydrolysis) is 1. The molecule has 1 aromatic rings. The first kappa shape index (κ1) is 22.2. The highest BCUT2D eigenvalue weighted by atomic mass is 16.6. The Balaban J connectivity index is 3.01. The predicted octanol–water partition coefficient (Wildman–Crippen LogP) is 2.99. The lowest BCUT2D eigenvalue weighted by Gasteiger charge is -2.22. The number of carbonyl (C=O) groups is 2. The van der Waals surface area contributed by atoms with Crippen LogP contribution in [0.2, 0.25) is 0 Å². The van der Waals surface area contributed by atoms with E-state index in [2.05, 4.69) is 5.32 Å². The number of nitro benzene ring substituents is 1. The monoisotopic (exact) mass is 382 g/mol. The fourth-order valence-electron chi connectivity index (χ4n) is 2.19. The highest BCUT2D eigenvalue weighted by Gasteiger charge is 2.26. The normalized spacial score (nSPS) is 12.0. The molecular formula is C18H26N2O7. The quantitative estimate of drug-likeness (QED) is 0.417. The van der Waals surface area contributed by atoms with Crippen molar-refractivity contribution in [2.45, 2.75) is 52.2 Å². The van der Waals surface area contributed by atoms with Crippen LogP contribution in [-0.4, -0.2) is 42.3 Å². The van der Waals surface area contributed by atoms with E-state index in [1.807, 2.05) is 6.92 Å². The van der Waals surface area contributed by atoms with E-state index in [4.69, 9.17) is 14.2 Å². The minimum atomic E-state index is -1.01. The molecule has 0 saturated carbocycles. The van der Waals surface area contributed by atoms with Gasteiger partial charge in [-0.25, -0.2) is 9.59 Å². The molecule has 1 aromatic carbocycles. The Hall–Kier alpha value is -2.84. The molecule has 27 heavy (non-hydrogen) atoms. The Morgan fingerprint density at radius 1 is 1.30 bits per heavy atom. The summed E-state index contributed by atoms with van der Waals surface area (Å²) in [6, 6.07) is 3.29. The number of nitrogens with zero attached hydrogens (tertiary/aromatic N) is 1. The van der Waals surface area contributed by atoms with Crippen molar-refractivity contribution in [1.29, 1.82) is 0 Å². The molecule has 0 saturated heterocycles. The second-order valence-corrected chi connectivity index (χ2v) is 6.83. The molecule has 0 spiro atoms. The topological polar surface area (TPSA) is 117 Å². The second kappa shape index (κ2) is 9.75. The molecule has 9 heteroatoms. The molecule has 1 N–H and O–H groups in total. The van der Waals surface area contributed by atoms with Gasteiger partial charge in [0.2, 0.25) is 0 Å². The maximum absolute atomic E-state index is 12.0. The van der Waals surface area contributed by atoms with Crippen LogP contribution in [0.4, 0.5) is 10.5 Å². The number of carbonyl (C=O) groups excluding carboxylic acids is 2. The average molecular weight is 382 g/mol. The van der Waals surface area contributed by atoms with Crippen molar-refractivity contribution in [2.24, 2.45) is 0 Å². The fourth-order valence-corrected chi connectivity index (χ4v) is 2.19. The molecule has 0 heterocycles. The SMILES string of the molecule is CCCOc1cc(CC(NC(=O)OC(C)(C)C)C(=O)OC)ccc1[N+](=O)[O-]. The first-order chi connectivity index (χ1) is 12.6. The Morgan fingerprint density at radius 2 is 1.96 bits per heavy atom. The van der Waals surface area contributed by atoms with Gasteiger partial charge in [-0.05, 0) is 38.8 Å². The summed E-state index contributed by atoms with van der Waals surface area (Å²) in [5, 5.41) is 13.6. The molecule has 9 nitrogen and oxygen atoms in total. The molecule has 0 fully saturated rings. The molecule has 0 aliphatic rings. The first-order valence-corrected chi connectivity index (χ1v) is 8.54. The van der Waals surface area contributed by atoms with Gasteiger partial charge in [-0.2, -0.15) is 0 Å². The summed E-state index contributed by atoms with van der Waals surface area (Å²) in [5.41, 5.74) is -0.320. The number of nitrogens with one attached hydrogen (secondary N) is 1. The molecule has 150 valence electrons. The predicted molar refractivity (Wildman–Crippen MR) is 97.8 cm³/mol. The van der Waals surface area contributed by atoms with Crippen LogP contribution in [0, 0.1) is 10.1 Å². The molecule has 1 amide bonds. The standard InChI is InChI=1S/C18H26N2O7/c1-6-9-26-15-11-12(7-8-14(15)20(23)24)10-13(16(21)25-5)19-17(22)27-18(2,3)4/h7-8,11,13H,6,9-10H2,1-5H3,(H,19,22). The fraction of sp³-hybridized carbons (Fsp3) is 0.556. The van der Waals surface area contributed by atoms with Crippen LogP contribution >= 0.6 is 0 Å². The van der Waals surface area contributed by atoms with Gasteiger partial charge < -0.3 is 19.5 Å². The van der Waals surface area contributed by atoms with Crippen LogP contribution in [0.15, 0.2) is 18.2 Å². The van der Waals surface area contributed by atoms with Gasteiger partial charge in [0, 0.05) is 12.5 Å². The minimum absolute atomic E-state index is 0.0619. The van der Waals surface area contributed by atoms with E-state index in [9.17, 15) is 19.7 Å². The van der Waals surface area contributed by atoms with E-state index >= 15 is 0 Å². The van der Waals surface area contributed by atoms with Crippen LogP contribution in [0.1, 0.15) is 39.7 Å². The summed E-state index contributed by atoms with van der Waals surface area (Å²) in [4.78, 5) is 34.6. The van der Waals surface area contributed by atoms with Crippen molar-refractivity contribution in [2.75, 3.05) is 13.7 Å². The third kappa shape index (κ3) is 7.51. The van der Waals surface area contributed by atoms with E-state index in [-0.39, 0.29) is 17.9 Å². The number of rotatable bonds is 8. The number of hydrogen-bond acceptors (Lipinski definition) is 7. The van der Waals surface area contributed by atoms with E-state index in [0.29, 0.717) is 18.6 Å². The third-order valence-electron chi connectivity index (χ3n) is 3.30. The zero-order valence-electron chi connectivity index (χ0n) is 16.2. The van der Waals surface area contributed by atoms with E-state index in [1.165, 1.54) is 25.3 Å². The molecule has 0 aliphatic heterocycles. The van der Waals surface area contributed by atoms with Crippen molar-refractivity contribution in [3.63, 3.8) is 0 Å². The molecule has 1 rings (SSSR count). The summed E-state index contributed by atoms with van der Waals surface area (Å²) in [7, 11) is 1.21. The van der Waals surface area contributed by atoms with Crippen molar-refractivity contribution in [3.05, 3.63) is 33.9 Å². The molecule has 0 aliphatic carbocycles.